The zero-order valence-electron chi connectivity index (χ0n) is 15.2. The fourth-order valence-corrected chi connectivity index (χ4v) is 3.93. The van der Waals surface area contributed by atoms with Crippen LogP contribution >= 0.6 is 23.4 Å². The number of fused-ring (bicyclic) bond motifs is 1. The summed E-state index contributed by atoms with van der Waals surface area (Å²) >= 11 is 8.10. The SMILES string of the molecule is Clc1ccc2c(c1CSc1cccnn1)CCNCC2.O=C(O)CCC(=O)O. The highest BCUT2D eigenvalue weighted by Gasteiger charge is 2.15. The van der Waals surface area contributed by atoms with Crippen LogP contribution in [0.2, 0.25) is 5.02 Å². The molecule has 0 spiro atoms. The molecule has 1 aliphatic heterocycles. The Balaban J connectivity index is 0.000000300. The normalized spacial score (nSPS) is 12.9. The van der Waals surface area contributed by atoms with Crippen molar-refractivity contribution in [1.29, 1.82) is 0 Å². The standard InChI is InChI=1S/C15H16ClN3S.C4H6O4/c16-14-4-3-11-5-8-17-9-6-12(11)13(14)10-20-15-2-1-7-18-19-15;5-3(6)1-2-4(7)8/h1-4,7,17H,5-6,8-10H2;1-2H2,(H,5,6)(H,7,8). The monoisotopic (exact) mass is 423 g/mol. The van der Waals surface area contributed by atoms with Gasteiger partial charge in [-0.2, -0.15) is 5.10 Å². The van der Waals surface area contributed by atoms with Gasteiger partial charge in [0.05, 0.1) is 12.8 Å². The predicted molar refractivity (Wildman–Crippen MR) is 108 cm³/mol. The van der Waals surface area contributed by atoms with Crippen LogP contribution < -0.4 is 5.32 Å². The lowest BCUT2D eigenvalue weighted by Gasteiger charge is -2.13. The Bertz CT molecular complexity index is 791. The topological polar surface area (TPSA) is 112 Å². The molecule has 9 heteroatoms. The van der Waals surface area contributed by atoms with Crippen molar-refractivity contribution >= 4 is 35.3 Å². The smallest absolute Gasteiger partial charge is 0.303 e. The first kappa shape index (κ1) is 22.1. The van der Waals surface area contributed by atoms with Gasteiger partial charge in [0.15, 0.2) is 0 Å². The van der Waals surface area contributed by atoms with Crippen LogP contribution in [0.15, 0.2) is 35.5 Å². The number of aromatic nitrogens is 2. The molecule has 3 rings (SSSR count). The molecule has 0 saturated carbocycles. The minimum absolute atomic E-state index is 0.296. The van der Waals surface area contributed by atoms with Gasteiger partial charge >= 0.3 is 11.9 Å². The van der Waals surface area contributed by atoms with Gasteiger partial charge in [-0.25, -0.2) is 0 Å². The van der Waals surface area contributed by atoms with Gasteiger partial charge in [0.1, 0.15) is 5.03 Å². The first-order chi connectivity index (χ1) is 13.5. The van der Waals surface area contributed by atoms with Gasteiger partial charge < -0.3 is 15.5 Å². The number of thioether (sulfide) groups is 1. The number of nitrogens with zero attached hydrogens (tertiary/aromatic N) is 2. The molecule has 0 amide bonds. The highest BCUT2D eigenvalue weighted by molar-refractivity contribution is 7.98. The van der Waals surface area contributed by atoms with Crippen molar-refractivity contribution in [2.75, 3.05) is 13.1 Å². The summed E-state index contributed by atoms with van der Waals surface area (Å²) in [6.45, 7) is 2.07. The Labute approximate surface area is 172 Å². The molecule has 150 valence electrons. The lowest BCUT2D eigenvalue weighted by Crippen LogP contribution is -2.16. The third kappa shape index (κ3) is 7.46. The molecular formula is C19H22ClN3O4S. The van der Waals surface area contributed by atoms with Crippen LogP contribution in [0.4, 0.5) is 0 Å². The molecule has 0 unspecified atom stereocenters. The summed E-state index contributed by atoms with van der Waals surface area (Å²) in [5.41, 5.74) is 4.09. The van der Waals surface area contributed by atoms with Crippen LogP contribution in [0.5, 0.6) is 0 Å². The molecule has 0 bridgehead atoms. The number of carbonyl (C=O) groups is 2. The molecule has 0 fully saturated rings. The van der Waals surface area contributed by atoms with Crippen LogP contribution in [-0.4, -0.2) is 45.4 Å². The van der Waals surface area contributed by atoms with Crippen molar-refractivity contribution in [2.24, 2.45) is 0 Å². The van der Waals surface area contributed by atoms with Gasteiger partial charge in [0.25, 0.3) is 0 Å². The van der Waals surface area contributed by atoms with Crippen molar-refractivity contribution in [2.45, 2.75) is 36.5 Å². The second kappa shape index (κ2) is 11.6. The summed E-state index contributed by atoms with van der Waals surface area (Å²) in [7, 11) is 0. The van der Waals surface area contributed by atoms with Crippen LogP contribution in [-0.2, 0) is 28.2 Å². The third-order valence-electron chi connectivity index (χ3n) is 4.06. The summed E-state index contributed by atoms with van der Waals surface area (Å²) in [5.74, 6) is -1.31. The molecule has 1 aromatic heterocycles. The van der Waals surface area contributed by atoms with Crippen LogP contribution in [0, 0.1) is 0 Å². The maximum absolute atomic E-state index is 9.64. The number of carboxylic acid groups (broad SMARTS) is 2. The van der Waals surface area contributed by atoms with E-state index in [-0.39, 0.29) is 12.8 Å². The molecular weight excluding hydrogens is 402 g/mol. The van der Waals surface area contributed by atoms with E-state index in [1.165, 1.54) is 16.7 Å². The summed E-state index contributed by atoms with van der Waals surface area (Å²) < 4.78 is 0. The Hall–Kier alpha value is -2.16. The summed E-state index contributed by atoms with van der Waals surface area (Å²) in [6, 6.07) is 8.08. The maximum Gasteiger partial charge on any atom is 0.303 e. The minimum Gasteiger partial charge on any atom is -0.481 e. The Morgan fingerprint density at radius 2 is 1.82 bits per heavy atom. The highest BCUT2D eigenvalue weighted by Crippen LogP contribution is 2.31. The molecule has 2 aromatic rings. The van der Waals surface area contributed by atoms with E-state index < -0.39 is 11.9 Å². The fourth-order valence-electron chi connectivity index (χ4n) is 2.70. The van der Waals surface area contributed by atoms with E-state index >= 15 is 0 Å². The van der Waals surface area contributed by atoms with Gasteiger partial charge in [0.2, 0.25) is 0 Å². The number of hydrogen-bond acceptors (Lipinski definition) is 6. The minimum atomic E-state index is -1.08. The van der Waals surface area contributed by atoms with Gasteiger partial charge in [-0.05, 0) is 60.8 Å². The highest BCUT2D eigenvalue weighted by atomic mass is 35.5. The van der Waals surface area contributed by atoms with Crippen LogP contribution in [0.25, 0.3) is 0 Å². The lowest BCUT2D eigenvalue weighted by atomic mass is 9.98. The number of nitrogens with one attached hydrogen (secondary N) is 1. The Morgan fingerprint density at radius 3 is 2.46 bits per heavy atom. The van der Waals surface area contributed by atoms with E-state index in [0.717, 1.165) is 41.7 Å². The summed E-state index contributed by atoms with van der Waals surface area (Å²) in [5, 5.41) is 29.1. The van der Waals surface area contributed by atoms with Crippen molar-refractivity contribution in [3.8, 4) is 0 Å². The Kier molecular flexibility index (Phi) is 9.19. The average Bonchev–Trinajstić information content (AvgIpc) is 2.92. The van der Waals surface area contributed by atoms with E-state index in [9.17, 15) is 9.59 Å². The van der Waals surface area contributed by atoms with E-state index in [1.54, 1.807) is 18.0 Å². The molecule has 28 heavy (non-hydrogen) atoms. The molecule has 0 saturated heterocycles. The largest absolute Gasteiger partial charge is 0.481 e. The van der Waals surface area contributed by atoms with E-state index in [1.807, 2.05) is 18.2 Å². The molecule has 0 aliphatic carbocycles. The lowest BCUT2D eigenvalue weighted by molar-refractivity contribution is -0.143. The second-order valence-corrected chi connectivity index (χ2v) is 7.45. The summed E-state index contributed by atoms with van der Waals surface area (Å²) in [6.07, 6.45) is 3.23. The molecule has 1 aromatic carbocycles. The number of rotatable bonds is 6. The molecule has 0 radical (unpaired) electrons. The number of hydrogen-bond donors (Lipinski definition) is 3. The zero-order valence-corrected chi connectivity index (χ0v) is 16.8. The van der Waals surface area contributed by atoms with E-state index in [2.05, 4.69) is 21.6 Å². The van der Waals surface area contributed by atoms with Crippen LogP contribution in [0.1, 0.15) is 29.5 Å². The predicted octanol–water partition coefficient (Wildman–Crippen LogP) is 3.05. The summed E-state index contributed by atoms with van der Waals surface area (Å²) in [4.78, 5) is 19.3. The second-order valence-electron chi connectivity index (χ2n) is 6.05. The Morgan fingerprint density at radius 1 is 1.11 bits per heavy atom. The fraction of sp³-hybridized carbons (Fsp3) is 0.368. The van der Waals surface area contributed by atoms with Crippen molar-refractivity contribution < 1.29 is 19.8 Å². The first-order valence-corrected chi connectivity index (χ1v) is 10.2. The van der Waals surface area contributed by atoms with Crippen molar-refractivity contribution in [1.82, 2.24) is 15.5 Å². The molecule has 3 N–H and O–H groups in total. The van der Waals surface area contributed by atoms with Gasteiger partial charge in [-0.15, -0.1) is 5.10 Å². The van der Waals surface area contributed by atoms with Gasteiger partial charge in [-0.3, -0.25) is 9.59 Å². The first-order valence-electron chi connectivity index (χ1n) is 8.81. The van der Waals surface area contributed by atoms with Gasteiger partial charge in [0, 0.05) is 17.0 Å². The average molecular weight is 424 g/mol. The number of halogens is 1. The molecule has 2 heterocycles. The molecule has 1 aliphatic rings. The number of aliphatic carboxylic acids is 2. The van der Waals surface area contributed by atoms with Gasteiger partial charge in [-0.1, -0.05) is 29.4 Å². The molecule has 0 atom stereocenters. The van der Waals surface area contributed by atoms with Crippen molar-refractivity contribution in [3.63, 3.8) is 0 Å². The third-order valence-corrected chi connectivity index (χ3v) is 5.36. The van der Waals surface area contributed by atoms with E-state index in [4.69, 9.17) is 21.8 Å². The molecule has 7 nitrogen and oxygen atoms in total. The quantitative estimate of drug-likeness (QED) is 0.607. The maximum atomic E-state index is 9.64. The van der Waals surface area contributed by atoms with E-state index in [0.29, 0.717) is 0 Å². The van der Waals surface area contributed by atoms with Crippen LogP contribution in [0.3, 0.4) is 0 Å². The number of benzene rings is 1. The zero-order chi connectivity index (χ0) is 20.4. The van der Waals surface area contributed by atoms with Crippen molar-refractivity contribution in [3.05, 3.63) is 52.2 Å². The number of carboxylic acids is 2.